The second-order valence-electron chi connectivity index (χ2n) is 4.88. The summed E-state index contributed by atoms with van der Waals surface area (Å²) < 4.78 is 5.13. The van der Waals surface area contributed by atoms with E-state index in [1.165, 1.54) is 11.8 Å². The number of nitrogens with zero attached hydrogens (tertiary/aromatic N) is 2. The number of nitrogens with one attached hydrogen (secondary N) is 1. The molecule has 21 heavy (non-hydrogen) atoms. The molecule has 0 bridgehead atoms. The van der Waals surface area contributed by atoms with Crippen molar-refractivity contribution < 1.29 is 19.4 Å². The van der Waals surface area contributed by atoms with Gasteiger partial charge in [0.15, 0.2) is 5.54 Å². The molecule has 0 spiro atoms. The molecule has 1 fully saturated rings. The van der Waals surface area contributed by atoms with Gasteiger partial charge in [-0.05, 0) is 20.1 Å². The highest BCUT2D eigenvalue weighted by molar-refractivity contribution is 7.98. The lowest BCUT2D eigenvalue weighted by atomic mass is 9.98. The molecule has 1 aliphatic heterocycles. The maximum absolute atomic E-state index is 12.5. The van der Waals surface area contributed by atoms with Crippen LogP contribution in [0.15, 0.2) is 5.03 Å². The first-order valence-corrected chi connectivity index (χ1v) is 7.65. The number of aromatic nitrogens is 2. The third-order valence-corrected chi connectivity index (χ3v) is 4.05. The summed E-state index contributed by atoms with van der Waals surface area (Å²) in [5, 5.41) is 12.5. The number of hydrogen-bond acceptors (Lipinski definition) is 6. The number of aryl methyl sites for hydroxylation is 2. The monoisotopic (exact) mass is 311 g/mol. The van der Waals surface area contributed by atoms with Crippen LogP contribution in [0.3, 0.4) is 0 Å². The second-order valence-corrected chi connectivity index (χ2v) is 5.68. The van der Waals surface area contributed by atoms with E-state index in [1.807, 2.05) is 6.26 Å². The van der Waals surface area contributed by atoms with Crippen molar-refractivity contribution in [3.05, 3.63) is 17.1 Å². The number of carboxylic acid groups (broad SMARTS) is 1. The summed E-state index contributed by atoms with van der Waals surface area (Å²) in [5.41, 5.74) is -0.520. The fourth-order valence-corrected chi connectivity index (χ4v) is 2.92. The molecule has 2 N–H and O–H groups in total. The summed E-state index contributed by atoms with van der Waals surface area (Å²) >= 11 is 1.33. The number of carboxylic acids is 1. The predicted molar refractivity (Wildman–Crippen MR) is 76.6 cm³/mol. The average Bonchev–Trinajstić information content (AvgIpc) is 2.87. The molecule has 0 aliphatic carbocycles. The molecule has 0 radical (unpaired) electrons. The van der Waals surface area contributed by atoms with Gasteiger partial charge in [-0.1, -0.05) is 0 Å². The lowest BCUT2D eigenvalue weighted by molar-refractivity contribution is -0.144. The first kappa shape index (κ1) is 15.7. The number of carbonyl (C=O) groups is 2. The van der Waals surface area contributed by atoms with Crippen LogP contribution in [0.25, 0.3) is 0 Å². The molecular formula is C13H17N3O4S. The third kappa shape index (κ3) is 3.01. The summed E-state index contributed by atoms with van der Waals surface area (Å²) in [7, 11) is 0. The van der Waals surface area contributed by atoms with Crippen molar-refractivity contribution in [2.45, 2.75) is 30.8 Å². The van der Waals surface area contributed by atoms with Crippen molar-refractivity contribution in [2.24, 2.45) is 0 Å². The van der Waals surface area contributed by atoms with Crippen LogP contribution in [-0.4, -0.2) is 52.0 Å². The van der Waals surface area contributed by atoms with Gasteiger partial charge in [-0.3, -0.25) is 4.79 Å². The molecule has 1 aromatic rings. The standard InChI is InChI=1S/C13H17N3O4S/c1-7-9(11(21-3)15-8(2)14-7)10(17)16-13(12(18)19)4-5-20-6-13/h4-6H2,1-3H3,(H,16,17)(H,18,19). The lowest BCUT2D eigenvalue weighted by Gasteiger charge is -2.24. The van der Waals surface area contributed by atoms with E-state index in [2.05, 4.69) is 15.3 Å². The van der Waals surface area contributed by atoms with Crippen molar-refractivity contribution in [3.63, 3.8) is 0 Å². The van der Waals surface area contributed by atoms with E-state index in [4.69, 9.17) is 4.74 Å². The molecule has 1 unspecified atom stereocenters. The zero-order valence-corrected chi connectivity index (χ0v) is 12.9. The van der Waals surface area contributed by atoms with Gasteiger partial charge in [-0.15, -0.1) is 11.8 Å². The van der Waals surface area contributed by atoms with Gasteiger partial charge >= 0.3 is 5.97 Å². The van der Waals surface area contributed by atoms with Crippen molar-refractivity contribution in [3.8, 4) is 0 Å². The summed E-state index contributed by atoms with van der Waals surface area (Å²) in [6.07, 6.45) is 2.05. The number of aliphatic carboxylic acids is 1. The van der Waals surface area contributed by atoms with Gasteiger partial charge in [-0.2, -0.15) is 0 Å². The van der Waals surface area contributed by atoms with Crippen LogP contribution in [-0.2, 0) is 9.53 Å². The van der Waals surface area contributed by atoms with Crippen LogP contribution >= 0.6 is 11.8 Å². The smallest absolute Gasteiger partial charge is 0.331 e. The number of amides is 1. The van der Waals surface area contributed by atoms with Crippen molar-refractivity contribution in [1.82, 2.24) is 15.3 Å². The number of hydrogen-bond donors (Lipinski definition) is 2. The maximum Gasteiger partial charge on any atom is 0.331 e. The quantitative estimate of drug-likeness (QED) is 0.626. The number of thioether (sulfide) groups is 1. The highest BCUT2D eigenvalue weighted by atomic mass is 32.2. The first-order valence-electron chi connectivity index (χ1n) is 6.42. The van der Waals surface area contributed by atoms with Crippen molar-refractivity contribution in [2.75, 3.05) is 19.5 Å². The Morgan fingerprint density at radius 1 is 1.38 bits per heavy atom. The number of rotatable bonds is 4. The molecule has 1 aromatic heterocycles. The highest BCUT2D eigenvalue weighted by Crippen LogP contribution is 2.24. The summed E-state index contributed by atoms with van der Waals surface area (Å²) in [5.74, 6) is -1.000. The molecule has 1 saturated heterocycles. The van der Waals surface area contributed by atoms with Crippen molar-refractivity contribution >= 4 is 23.6 Å². The SMILES string of the molecule is CSc1nc(C)nc(C)c1C(=O)NC1(C(=O)O)CCOC1. The largest absolute Gasteiger partial charge is 0.479 e. The van der Waals surface area contributed by atoms with Gasteiger partial charge in [0.05, 0.1) is 17.9 Å². The molecular weight excluding hydrogens is 294 g/mol. The molecule has 2 rings (SSSR count). The van der Waals surface area contributed by atoms with E-state index in [0.29, 0.717) is 28.7 Å². The Balaban J connectivity index is 2.34. The summed E-state index contributed by atoms with van der Waals surface area (Å²) in [6, 6.07) is 0. The van der Waals surface area contributed by atoms with E-state index in [-0.39, 0.29) is 13.0 Å². The van der Waals surface area contributed by atoms with E-state index in [1.54, 1.807) is 13.8 Å². The maximum atomic E-state index is 12.5. The Hall–Kier alpha value is -1.67. The number of carbonyl (C=O) groups excluding carboxylic acids is 1. The Kier molecular flexibility index (Phi) is 4.48. The molecule has 1 atom stereocenters. The van der Waals surface area contributed by atoms with Crippen LogP contribution in [0.2, 0.25) is 0 Å². The highest BCUT2D eigenvalue weighted by Gasteiger charge is 2.44. The zero-order valence-electron chi connectivity index (χ0n) is 12.1. The van der Waals surface area contributed by atoms with Crippen LogP contribution in [0.5, 0.6) is 0 Å². The van der Waals surface area contributed by atoms with Gasteiger partial charge in [-0.25, -0.2) is 14.8 Å². The fourth-order valence-electron chi connectivity index (χ4n) is 2.26. The van der Waals surface area contributed by atoms with E-state index >= 15 is 0 Å². The van der Waals surface area contributed by atoms with Crippen LogP contribution in [0.1, 0.15) is 28.3 Å². The van der Waals surface area contributed by atoms with E-state index in [9.17, 15) is 14.7 Å². The minimum Gasteiger partial charge on any atom is -0.479 e. The third-order valence-electron chi connectivity index (χ3n) is 3.37. The molecule has 114 valence electrons. The predicted octanol–water partition coefficient (Wildman–Crippen LogP) is 0.789. The molecule has 1 amide bonds. The molecule has 0 saturated carbocycles. The average molecular weight is 311 g/mol. The second kappa shape index (κ2) is 5.98. The minimum atomic E-state index is -1.37. The molecule has 7 nitrogen and oxygen atoms in total. The summed E-state index contributed by atoms with van der Waals surface area (Å²) in [6.45, 7) is 3.74. The minimum absolute atomic E-state index is 0.0333. The first-order chi connectivity index (χ1) is 9.89. The van der Waals surface area contributed by atoms with Crippen LogP contribution in [0, 0.1) is 13.8 Å². The Labute approximate surface area is 126 Å². The summed E-state index contributed by atoms with van der Waals surface area (Å²) in [4.78, 5) is 32.4. The van der Waals surface area contributed by atoms with Crippen LogP contribution in [0.4, 0.5) is 0 Å². The van der Waals surface area contributed by atoms with Gasteiger partial charge in [0.1, 0.15) is 10.9 Å². The number of ether oxygens (including phenoxy) is 1. The van der Waals surface area contributed by atoms with E-state index < -0.39 is 17.4 Å². The Morgan fingerprint density at radius 3 is 2.62 bits per heavy atom. The molecule has 2 heterocycles. The van der Waals surface area contributed by atoms with Gasteiger partial charge in [0.25, 0.3) is 5.91 Å². The zero-order chi connectivity index (χ0) is 15.6. The molecule has 1 aliphatic rings. The normalized spacial score (nSPS) is 21.3. The van der Waals surface area contributed by atoms with Gasteiger partial charge in [0, 0.05) is 13.0 Å². The molecule has 8 heteroatoms. The lowest BCUT2D eigenvalue weighted by Crippen LogP contribution is -2.55. The van der Waals surface area contributed by atoms with Gasteiger partial charge < -0.3 is 15.2 Å². The topological polar surface area (TPSA) is 101 Å². The Morgan fingerprint density at radius 2 is 2.10 bits per heavy atom. The Bertz CT molecular complexity index is 585. The van der Waals surface area contributed by atoms with E-state index in [0.717, 1.165) is 0 Å². The van der Waals surface area contributed by atoms with Crippen LogP contribution < -0.4 is 5.32 Å². The fraction of sp³-hybridized carbons (Fsp3) is 0.538. The molecule has 0 aromatic carbocycles. The van der Waals surface area contributed by atoms with Crippen molar-refractivity contribution in [1.29, 1.82) is 0 Å². The van der Waals surface area contributed by atoms with Gasteiger partial charge in [0.2, 0.25) is 0 Å².